The van der Waals surface area contributed by atoms with Crippen LogP contribution in [0, 0.1) is 0 Å². The summed E-state index contributed by atoms with van der Waals surface area (Å²) in [4.78, 5) is 23.1. The first-order valence-electron chi connectivity index (χ1n) is 7.45. The predicted molar refractivity (Wildman–Crippen MR) is 88.0 cm³/mol. The Bertz CT molecular complexity index is 691. The lowest BCUT2D eigenvalue weighted by molar-refractivity contribution is -0.140. The molecular formula is C16H23NO6S. The van der Waals surface area contributed by atoms with Crippen LogP contribution in [0.2, 0.25) is 0 Å². The van der Waals surface area contributed by atoms with E-state index in [1.54, 1.807) is 26.8 Å². The van der Waals surface area contributed by atoms with Crippen molar-refractivity contribution >= 4 is 22.0 Å². The maximum atomic E-state index is 12.4. The molecule has 0 saturated carbocycles. The molecule has 0 aliphatic carbocycles. The van der Waals surface area contributed by atoms with Crippen molar-refractivity contribution in [3.05, 3.63) is 29.8 Å². The second-order valence-corrected chi connectivity index (χ2v) is 7.81. The number of carbonyl (C=O) groups excluding carboxylic acids is 2. The summed E-state index contributed by atoms with van der Waals surface area (Å²) in [5.74, 6) is -1.12. The van der Waals surface area contributed by atoms with Crippen molar-refractivity contribution in [2.45, 2.75) is 44.1 Å². The molecule has 1 N–H and O–H groups in total. The second-order valence-electron chi connectivity index (χ2n) is 6.08. The maximum Gasteiger partial charge on any atom is 0.340 e. The number of rotatable bonds is 7. The van der Waals surface area contributed by atoms with E-state index in [4.69, 9.17) is 4.74 Å². The third kappa shape index (κ3) is 6.29. The van der Waals surface area contributed by atoms with Gasteiger partial charge in [0.25, 0.3) is 0 Å². The number of methoxy groups -OCH3 is 1. The molecule has 0 heterocycles. The van der Waals surface area contributed by atoms with E-state index in [0.29, 0.717) is 6.42 Å². The monoisotopic (exact) mass is 357 g/mol. The summed E-state index contributed by atoms with van der Waals surface area (Å²) in [5, 5.41) is 0. The highest BCUT2D eigenvalue weighted by atomic mass is 32.2. The molecule has 0 aromatic heterocycles. The lowest BCUT2D eigenvalue weighted by atomic mass is 10.1. The fraction of sp³-hybridized carbons (Fsp3) is 0.500. The van der Waals surface area contributed by atoms with Crippen LogP contribution in [0.4, 0.5) is 0 Å². The summed E-state index contributed by atoms with van der Waals surface area (Å²) in [7, 11) is -2.63. The Balaban J connectivity index is 2.88. The number of sulfonamides is 1. The SMILES string of the molecule is COC(=O)CCCNS(=O)(=O)c1ccccc1C(=O)OC(C)(C)C. The van der Waals surface area contributed by atoms with Gasteiger partial charge in [-0.1, -0.05) is 12.1 Å². The third-order valence-corrected chi connectivity index (χ3v) is 4.39. The summed E-state index contributed by atoms with van der Waals surface area (Å²) in [6, 6.07) is 5.82. The molecule has 24 heavy (non-hydrogen) atoms. The zero-order valence-corrected chi connectivity index (χ0v) is 15.1. The van der Waals surface area contributed by atoms with Crippen LogP contribution in [0.15, 0.2) is 29.2 Å². The molecule has 1 aromatic carbocycles. The summed E-state index contributed by atoms with van der Waals surface area (Å²) in [6.45, 7) is 5.16. The van der Waals surface area contributed by atoms with Crippen LogP contribution < -0.4 is 4.72 Å². The summed E-state index contributed by atoms with van der Waals surface area (Å²) in [5.41, 5.74) is -0.769. The van der Waals surface area contributed by atoms with Crippen LogP contribution in [-0.4, -0.2) is 39.6 Å². The van der Waals surface area contributed by atoms with E-state index in [1.165, 1.54) is 25.3 Å². The first kappa shape index (κ1) is 20.1. The highest BCUT2D eigenvalue weighted by molar-refractivity contribution is 7.89. The minimum atomic E-state index is -3.90. The molecule has 0 radical (unpaired) electrons. The van der Waals surface area contributed by atoms with Gasteiger partial charge in [0.2, 0.25) is 10.0 Å². The number of ether oxygens (including phenoxy) is 2. The number of carbonyl (C=O) groups is 2. The number of hydrogen-bond donors (Lipinski definition) is 1. The molecule has 1 aromatic rings. The number of benzene rings is 1. The molecule has 0 unspecified atom stereocenters. The van der Waals surface area contributed by atoms with Crippen molar-refractivity contribution in [1.29, 1.82) is 0 Å². The molecule has 1 rings (SSSR count). The zero-order chi connectivity index (χ0) is 18.4. The first-order chi connectivity index (χ1) is 11.1. The second kappa shape index (κ2) is 8.25. The van der Waals surface area contributed by atoms with Crippen LogP contribution in [-0.2, 0) is 24.3 Å². The Hall–Kier alpha value is -1.93. The van der Waals surface area contributed by atoms with E-state index in [-0.39, 0.29) is 23.4 Å². The molecule has 0 fully saturated rings. The van der Waals surface area contributed by atoms with Crippen LogP contribution in [0.25, 0.3) is 0 Å². The van der Waals surface area contributed by atoms with Gasteiger partial charge in [0.1, 0.15) is 5.60 Å². The number of esters is 2. The van der Waals surface area contributed by atoms with Crippen LogP contribution in [0.1, 0.15) is 44.0 Å². The number of hydrogen-bond acceptors (Lipinski definition) is 6. The van der Waals surface area contributed by atoms with Crippen molar-refractivity contribution < 1.29 is 27.5 Å². The molecule has 134 valence electrons. The molecule has 0 saturated heterocycles. The molecule has 0 amide bonds. The van der Waals surface area contributed by atoms with Crippen LogP contribution in [0.3, 0.4) is 0 Å². The molecular weight excluding hydrogens is 334 g/mol. The van der Waals surface area contributed by atoms with Gasteiger partial charge in [0, 0.05) is 13.0 Å². The van der Waals surface area contributed by atoms with Gasteiger partial charge in [0.05, 0.1) is 17.6 Å². The molecule has 0 aliphatic heterocycles. The molecule has 7 nitrogen and oxygen atoms in total. The van der Waals surface area contributed by atoms with E-state index in [9.17, 15) is 18.0 Å². The minimum absolute atomic E-state index is 0.0344. The molecule has 0 spiro atoms. The lowest BCUT2D eigenvalue weighted by Crippen LogP contribution is -2.29. The Labute approximate surface area is 142 Å². The summed E-state index contributed by atoms with van der Waals surface area (Å²) < 4.78 is 36.9. The third-order valence-electron chi connectivity index (χ3n) is 2.87. The molecule has 8 heteroatoms. The van der Waals surface area contributed by atoms with Gasteiger partial charge in [0.15, 0.2) is 0 Å². The Morgan fingerprint density at radius 1 is 1.17 bits per heavy atom. The summed E-state index contributed by atoms with van der Waals surface area (Å²) >= 11 is 0. The number of nitrogens with one attached hydrogen (secondary N) is 1. The summed E-state index contributed by atoms with van der Waals surface area (Å²) in [6.07, 6.45) is 0.396. The Morgan fingerprint density at radius 3 is 2.38 bits per heavy atom. The van der Waals surface area contributed by atoms with E-state index in [1.807, 2.05) is 0 Å². The topological polar surface area (TPSA) is 98.8 Å². The normalized spacial score (nSPS) is 11.8. The van der Waals surface area contributed by atoms with Gasteiger partial charge >= 0.3 is 11.9 Å². The van der Waals surface area contributed by atoms with Gasteiger partial charge in [-0.3, -0.25) is 4.79 Å². The van der Waals surface area contributed by atoms with Gasteiger partial charge in [-0.2, -0.15) is 0 Å². The van der Waals surface area contributed by atoms with Gasteiger partial charge in [-0.15, -0.1) is 0 Å². The lowest BCUT2D eigenvalue weighted by Gasteiger charge is -2.20. The quantitative estimate of drug-likeness (QED) is 0.591. The Morgan fingerprint density at radius 2 is 1.79 bits per heavy atom. The van der Waals surface area contributed by atoms with Crippen molar-refractivity contribution in [1.82, 2.24) is 4.72 Å². The van der Waals surface area contributed by atoms with Crippen molar-refractivity contribution in [3.8, 4) is 0 Å². The zero-order valence-electron chi connectivity index (χ0n) is 14.3. The van der Waals surface area contributed by atoms with Crippen LogP contribution >= 0.6 is 0 Å². The highest BCUT2D eigenvalue weighted by Crippen LogP contribution is 2.19. The van der Waals surface area contributed by atoms with Crippen molar-refractivity contribution in [2.75, 3.05) is 13.7 Å². The maximum absolute atomic E-state index is 12.4. The smallest absolute Gasteiger partial charge is 0.340 e. The first-order valence-corrected chi connectivity index (χ1v) is 8.94. The van der Waals surface area contributed by atoms with E-state index in [2.05, 4.69) is 9.46 Å². The average molecular weight is 357 g/mol. The van der Waals surface area contributed by atoms with E-state index >= 15 is 0 Å². The standard InChI is InChI=1S/C16H23NO6S/c1-16(2,3)23-15(19)12-8-5-6-9-13(12)24(20,21)17-11-7-10-14(18)22-4/h5-6,8-9,17H,7,10-11H2,1-4H3. The highest BCUT2D eigenvalue weighted by Gasteiger charge is 2.25. The minimum Gasteiger partial charge on any atom is -0.469 e. The predicted octanol–water partition coefficient (Wildman–Crippen LogP) is 1.87. The largest absolute Gasteiger partial charge is 0.469 e. The van der Waals surface area contributed by atoms with Gasteiger partial charge < -0.3 is 9.47 Å². The van der Waals surface area contributed by atoms with Crippen LogP contribution in [0.5, 0.6) is 0 Å². The van der Waals surface area contributed by atoms with Crippen molar-refractivity contribution in [3.63, 3.8) is 0 Å². The van der Waals surface area contributed by atoms with E-state index in [0.717, 1.165) is 0 Å². The Kier molecular flexibility index (Phi) is 6.92. The average Bonchev–Trinajstić information content (AvgIpc) is 2.49. The van der Waals surface area contributed by atoms with E-state index < -0.39 is 27.6 Å². The fourth-order valence-electron chi connectivity index (χ4n) is 1.82. The molecule has 0 atom stereocenters. The van der Waals surface area contributed by atoms with Crippen molar-refractivity contribution in [2.24, 2.45) is 0 Å². The fourth-order valence-corrected chi connectivity index (χ4v) is 3.09. The van der Waals surface area contributed by atoms with Gasteiger partial charge in [-0.05, 0) is 39.3 Å². The van der Waals surface area contributed by atoms with Gasteiger partial charge in [-0.25, -0.2) is 17.9 Å². The molecule has 0 bridgehead atoms. The molecule has 0 aliphatic rings.